The Labute approximate surface area is 132 Å². The van der Waals surface area contributed by atoms with E-state index in [-0.39, 0.29) is 0 Å². The van der Waals surface area contributed by atoms with Crippen molar-refractivity contribution in [3.63, 3.8) is 0 Å². The number of likely N-dealkylation sites (tertiary alicyclic amines) is 1. The first-order valence-electron chi connectivity index (χ1n) is 8.19. The molecule has 2 heterocycles. The van der Waals surface area contributed by atoms with Crippen molar-refractivity contribution in [3.8, 4) is 5.75 Å². The Hall–Kier alpha value is -1.81. The fourth-order valence-corrected chi connectivity index (χ4v) is 3.30. The number of ether oxygens (including phenoxy) is 1. The van der Waals surface area contributed by atoms with E-state index >= 15 is 0 Å². The molecular formula is C18H25N3O. The molecule has 1 atom stereocenters. The van der Waals surface area contributed by atoms with E-state index in [1.807, 2.05) is 16.9 Å². The Bertz CT molecular complexity index is 608. The molecule has 1 saturated heterocycles. The lowest BCUT2D eigenvalue weighted by molar-refractivity contribution is 0.140. The predicted octanol–water partition coefficient (Wildman–Crippen LogP) is 3.64. The van der Waals surface area contributed by atoms with Crippen molar-refractivity contribution in [2.24, 2.45) is 0 Å². The largest absolute Gasteiger partial charge is 0.497 e. The van der Waals surface area contributed by atoms with Gasteiger partial charge in [0.25, 0.3) is 0 Å². The molecule has 3 rings (SSSR count). The van der Waals surface area contributed by atoms with E-state index < -0.39 is 0 Å². The number of piperidine rings is 1. The number of rotatable bonds is 5. The Morgan fingerprint density at radius 1 is 1.32 bits per heavy atom. The number of nitrogens with zero attached hydrogens (tertiary/aromatic N) is 3. The van der Waals surface area contributed by atoms with Gasteiger partial charge >= 0.3 is 0 Å². The van der Waals surface area contributed by atoms with Crippen LogP contribution in [0.25, 0.3) is 0 Å². The van der Waals surface area contributed by atoms with Crippen LogP contribution in [0.5, 0.6) is 5.75 Å². The van der Waals surface area contributed by atoms with Crippen molar-refractivity contribution < 1.29 is 4.74 Å². The summed E-state index contributed by atoms with van der Waals surface area (Å²) in [6, 6.07) is 8.99. The highest BCUT2D eigenvalue weighted by atomic mass is 16.5. The summed E-state index contributed by atoms with van der Waals surface area (Å²) in [7, 11) is 1.73. The maximum Gasteiger partial charge on any atom is 0.119 e. The first kappa shape index (κ1) is 15.1. The van der Waals surface area contributed by atoms with Crippen molar-refractivity contribution >= 4 is 0 Å². The molecule has 0 aliphatic carbocycles. The second kappa shape index (κ2) is 6.97. The van der Waals surface area contributed by atoms with E-state index in [9.17, 15) is 0 Å². The van der Waals surface area contributed by atoms with Gasteiger partial charge in [-0.2, -0.15) is 5.10 Å². The number of hydrogen-bond donors (Lipinski definition) is 0. The average molecular weight is 299 g/mol. The predicted molar refractivity (Wildman–Crippen MR) is 87.9 cm³/mol. The van der Waals surface area contributed by atoms with Gasteiger partial charge in [-0.05, 0) is 44.0 Å². The van der Waals surface area contributed by atoms with Crippen LogP contribution in [-0.2, 0) is 13.1 Å². The molecule has 1 unspecified atom stereocenters. The van der Waals surface area contributed by atoms with Gasteiger partial charge in [0.05, 0.1) is 13.3 Å². The Kier molecular flexibility index (Phi) is 4.78. The SMILES string of the molecule is CCn1cc(CN2CCCCC2c2cccc(OC)c2)cn1. The van der Waals surface area contributed by atoms with Gasteiger partial charge in [-0.25, -0.2) is 0 Å². The van der Waals surface area contributed by atoms with E-state index in [1.54, 1.807) is 7.11 Å². The second-order valence-corrected chi connectivity index (χ2v) is 5.96. The lowest BCUT2D eigenvalue weighted by atomic mass is 9.94. The maximum atomic E-state index is 5.39. The fraction of sp³-hybridized carbons (Fsp3) is 0.500. The van der Waals surface area contributed by atoms with Gasteiger partial charge in [-0.1, -0.05) is 18.6 Å². The Balaban J connectivity index is 1.78. The lowest BCUT2D eigenvalue weighted by Crippen LogP contribution is -2.32. The van der Waals surface area contributed by atoms with Crippen LogP contribution in [0.2, 0.25) is 0 Å². The third-order valence-corrected chi connectivity index (χ3v) is 4.49. The quantitative estimate of drug-likeness (QED) is 0.844. The highest BCUT2D eigenvalue weighted by Crippen LogP contribution is 2.33. The second-order valence-electron chi connectivity index (χ2n) is 5.96. The lowest BCUT2D eigenvalue weighted by Gasteiger charge is -2.36. The van der Waals surface area contributed by atoms with Crippen LogP contribution >= 0.6 is 0 Å². The van der Waals surface area contributed by atoms with E-state index in [2.05, 4.69) is 41.3 Å². The normalized spacial score (nSPS) is 19.3. The van der Waals surface area contributed by atoms with E-state index in [4.69, 9.17) is 4.74 Å². The molecule has 1 aliphatic heterocycles. The molecule has 4 nitrogen and oxygen atoms in total. The van der Waals surface area contributed by atoms with Crippen LogP contribution in [0.15, 0.2) is 36.7 Å². The Morgan fingerprint density at radius 2 is 2.23 bits per heavy atom. The summed E-state index contributed by atoms with van der Waals surface area (Å²) in [5, 5.41) is 4.40. The minimum atomic E-state index is 0.480. The van der Waals surface area contributed by atoms with Gasteiger partial charge in [0.2, 0.25) is 0 Å². The summed E-state index contributed by atoms with van der Waals surface area (Å²) in [5.41, 5.74) is 2.67. The van der Waals surface area contributed by atoms with Gasteiger partial charge in [0.15, 0.2) is 0 Å². The zero-order chi connectivity index (χ0) is 15.4. The molecule has 1 aromatic carbocycles. The minimum absolute atomic E-state index is 0.480. The summed E-state index contributed by atoms with van der Waals surface area (Å²) >= 11 is 0. The monoisotopic (exact) mass is 299 g/mol. The van der Waals surface area contributed by atoms with Crippen LogP contribution in [0.1, 0.15) is 43.4 Å². The number of aryl methyl sites for hydroxylation is 1. The molecular weight excluding hydrogens is 274 g/mol. The number of methoxy groups -OCH3 is 1. The van der Waals surface area contributed by atoms with Crippen LogP contribution in [-0.4, -0.2) is 28.3 Å². The van der Waals surface area contributed by atoms with E-state index in [0.29, 0.717) is 6.04 Å². The number of hydrogen-bond acceptors (Lipinski definition) is 3. The van der Waals surface area contributed by atoms with Gasteiger partial charge < -0.3 is 4.74 Å². The van der Waals surface area contributed by atoms with Crippen molar-refractivity contribution in [2.75, 3.05) is 13.7 Å². The highest BCUT2D eigenvalue weighted by molar-refractivity contribution is 5.31. The summed E-state index contributed by atoms with van der Waals surface area (Å²) < 4.78 is 7.39. The molecule has 0 spiro atoms. The van der Waals surface area contributed by atoms with Crippen molar-refractivity contribution in [3.05, 3.63) is 47.8 Å². The van der Waals surface area contributed by atoms with Gasteiger partial charge in [0, 0.05) is 30.9 Å². The van der Waals surface area contributed by atoms with Gasteiger partial charge in [-0.3, -0.25) is 9.58 Å². The number of benzene rings is 1. The summed E-state index contributed by atoms with van der Waals surface area (Å²) in [6.45, 7) is 5.18. The van der Waals surface area contributed by atoms with Crippen LogP contribution in [0.4, 0.5) is 0 Å². The zero-order valence-electron chi connectivity index (χ0n) is 13.5. The van der Waals surface area contributed by atoms with Crippen molar-refractivity contribution in [2.45, 2.75) is 45.3 Å². The van der Waals surface area contributed by atoms with Gasteiger partial charge in [-0.15, -0.1) is 0 Å². The standard InChI is InChI=1S/C18H25N3O/c1-3-21-14-15(12-19-21)13-20-10-5-4-9-18(20)16-7-6-8-17(11-16)22-2/h6-8,11-12,14,18H,3-5,9-10,13H2,1-2H3. The third kappa shape index (κ3) is 3.33. The maximum absolute atomic E-state index is 5.39. The molecule has 0 bridgehead atoms. The minimum Gasteiger partial charge on any atom is -0.497 e. The molecule has 22 heavy (non-hydrogen) atoms. The van der Waals surface area contributed by atoms with E-state index in [1.165, 1.54) is 30.4 Å². The van der Waals surface area contributed by atoms with Crippen LogP contribution in [0.3, 0.4) is 0 Å². The third-order valence-electron chi connectivity index (χ3n) is 4.49. The summed E-state index contributed by atoms with van der Waals surface area (Å²) in [5.74, 6) is 0.946. The zero-order valence-corrected chi connectivity index (χ0v) is 13.5. The Morgan fingerprint density at radius 3 is 3.00 bits per heavy atom. The molecule has 1 aromatic heterocycles. The molecule has 0 radical (unpaired) electrons. The van der Waals surface area contributed by atoms with E-state index in [0.717, 1.165) is 25.4 Å². The fourth-order valence-electron chi connectivity index (χ4n) is 3.30. The summed E-state index contributed by atoms with van der Waals surface area (Å²) in [6.07, 6.45) is 7.96. The van der Waals surface area contributed by atoms with Gasteiger partial charge in [0.1, 0.15) is 5.75 Å². The highest BCUT2D eigenvalue weighted by Gasteiger charge is 2.24. The molecule has 0 amide bonds. The molecule has 4 heteroatoms. The topological polar surface area (TPSA) is 30.3 Å². The van der Waals surface area contributed by atoms with Crippen LogP contribution in [0, 0.1) is 0 Å². The molecule has 1 fully saturated rings. The molecule has 0 saturated carbocycles. The summed E-state index contributed by atoms with van der Waals surface area (Å²) in [4.78, 5) is 2.58. The first-order chi connectivity index (χ1) is 10.8. The smallest absolute Gasteiger partial charge is 0.119 e. The molecule has 118 valence electrons. The number of aromatic nitrogens is 2. The molecule has 2 aromatic rings. The molecule has 1 aliphatic rings. The van der Waals surface area contributed by atoms with Crippen LogP contribution < -0.4 is 4.74 Å². The van der Waals surface area contributed by atoms with Crippen molar-refractivity contribution in [1.29, 1.82) is 0 Å². The average Bonchev–Trinajstić information content (AvgIpc) is 3.03. The first-order valence-corrected chi connectivity index (χ1v) is 8.19. The van der Waals surface area contributed by atoms with Crippen molar-refractivity contribution in [1.82, 2.24) is 14.7 Å². The molecule has 0 N–H and O–H groups in total.